The van der Waals surface area contributed by atoms with E-state index in [0.29, 0.717) is 12.4 Å². The number of hydrogen-bond acceptors (Lipinski definition) is 6. The van der Waals surface area contributed by atoms with Gasteiger partial charge in [-0.1, -0.05) is 6.07 Å². The summed E-state index contributed by atoms with van der Waals surface area (Å²) in [5.41, 5.74) is 4.53. The fourth-order valence-corrected chi connectivity index (χ4v) is 2.65. The minimum absolute atomic E-state index is 0.0713. The maximum Gasteiger partial charge on any atom is 0.260 e. The Morgan fingerprint density at radius 1 is 1.43 bits per heavy atom. The summed E-state index contributed by atoms with van der Waals surface area (Å²) in [4.78, 5) is 15.4. The van der Waals surface area contributed by atoms with Crippen molar-refractivity contribution in [3.05, 3.63) is 18.2 Å². The van der Waals surface area contributed by atoms with Crippen LogP contribution in [-0.2, 0) is 19.6 Å². The Kier molecular flexibility index (Phi) is 6.48. The first-order valence-corrected chi connectivity index (χ1v) is 8.51. The van der Waals surface area contributed by atoms with E-state index in [2.05, 4.69) is 10.3 Å². The number of carbonyl (C=O) groups is 1. The molecule has 0 saturated heterocycles. The van der Waals surface area contributed by atoms with Crippen LogP contribution < -0.4 is 11.1 Å². The van der Waals surface area contributed by atoms with Crippen molar-refractivity contribution in [1.82, 2.24) is 9.29 Å². The van der Waals surface area contributed by atoms with Crippen molar-refractivity contribution < 1.29 is 17.9 Å². The lowest BCUT2D eigenvalue weighted by Crippen LogP contribution is -2.37. The molecular formula is C14H24N4O4S. The third kappa shape index (κ3) is 5.15. The number of amides is 1. The van der Waals surface area contributed by atoms with Crippen LogP contribution >= 0.6 is 0 Å². The first-order valence-electron chi connectivity index (χ1n) is 7.07. The molecule has 3 N–H and O–H groups in total. The molecule has 0 aromatic carbocycles. The van der Waals surface area contributed by atoms with Gasteiger partial charge < -0.3 is 15.8 Å². The zero-order valence-corrected chi connectivity index (χ0v) is 14.7. The Morgan fingerprint density at radius 3 is 2.65 bits per heavy atom. The van der Waals surface area contributed by atoms with Crippen LogP contribution in [0.5, 0.6) is 0 Å². The number of primary amides is 1. The molecule has 1 amide bonds. The van der Waals surface area contributed by atoms with Crippen molar-refractivity contribution in [2.75, 3.05) is 39.2 Å². The molecule has 0 bridgehead atoms. The number of likely N-dealkylation sites (N-methyl/N-ethyl adjacent to an activating group) is 1. The number of ether oxygens (including phenoxy) is 1. The minimum Gasteiger partial charge on any atom is -0.383 e. The molecule has 0 aliphatic carbocycles. The molecule has 0 unspecified atom stereocenters. The maximum absolute atomic E-state index is 12.4. The Bertz CT molecular complexity index is 646. The zero-order chi connectivity index (χ0) is 17.7. The molecule has 23 heavy (non-hydrogen) atoms. The zero-order valence-electron chi connectivity index (χ0n) is 13.9. The van der Waals surface area contributed by atoms with Crippen LogP contribution in [0.15, 0.2) is 23.2 Å². The van der Waals surface area contributed by atoms with Crippen molar-refractivity contribution in [2.24, 2.45) is 11.1 Å². The molecule has 130 valence electrons. The second-order valence-electron chi connectivity index (χ2n) is 5.78. The topological polar surface area (TPSA) is 115 Å². The van der Waals surface area contributed by atoms with Gasteiger partial charge in [-0.15, -0.1) is 0 Å². The van der Waals surface area contributed by atoms with Gasteiger partial charge in [0.15, 0.2) is 5.03 Å². The van der Waals surface area contributed by atoms with E-state index < -0.39 is 21.3 Å². The highest BCUT2D eigenvalue weighted by atomic mass is 32.2. The fraction of sp³-hybridized carbons (Fsp3) is 0.571. The molecular weight excluding hydrogens is 320 g/mol. The van der Waals surface area contributed by atoms with Crippen LogP contribution in [0.3, 0.4) is 0 Å². The van der Waals surface area contributed by atoms with Crippen LogP contribution in [0.4, 0.5) is 5.82 Å². The normalized spacial score (nSPS) is 12.4. The molecule has 1 heterocycles. The Morgan fingerprint density at radius 2 is 2.09 bits per heavy atom. The van der Waals surface area contributed by atoms with E-state index in [1.807, 2.05) is 0 Å². The molecule has 1 aromatic rings. The quantitative estimate of drug-likeness (QED) is 0.664. The number of anilines is 1. The number of carbonyl (C=O) groups excluding carboxylic acids is 1. The number of hydrogen-bond donors (Lipinski definition) is 2. The van der Waals surface area contributed by atoms with Crippen LogP contribution in [0.1, 0.15) is 13.8 Å². The molecule has 0 aliphatic rings. The lowest BCUT2D eigenvalue weighted by Gasteiger charge is -2.21. The predicted molar refractivity (Wildman–Crippen MR) is 87.4 cm³/mol. The summed E-state index contributed by atoms with van der Waals surface area (Å²) in [6, 6.07) is 4.64. The molecule has 0 fully saturated rings. The molecule has 1 rings (SSSR count). The first kappa shape index (κ1) is 19.3. The summed E-state index contributed by atoms with van der Waals surface area (Å²) in [6.07, 6.45) is 0. The van der Waals surface area contributed by atoms with Crippen molar-refractivity contribution in [3.63, 3.8) is 0 Å². The van der Waals surface area contributed by atoms with Crippen molar-refractivity contribution in [2.45, 2.75) is 18.9 Å². The number of methoxy groups -OCH3 is 1. The lowest BCUT2D eigenvalue weighted by molar-refractivity contribution is -0.125. The number of nitrogens with one attached hydrogen (secondary N) is 1. The fourth-order valence-electron chi connectivity index (χ4n) is 1.56. The summed E-state index contributed by atoms with van der Waals surface area (Å²) in [5, 5.41) is 2.87. The molecule has 0 aliphatic heterocycles. The maximum atomic E-state index is 12.4. The van der Waals surface area contributed by atoms with E-state index in [9.17, 15) is 13.2 Å². The molecule has 1 aromatic heterocycles. The average molecular weight is 344 g/mol. The molecule has 0 atom stereocenters. The summed E-state index contributed by atoms with van der Waals surface area (Å²) in [5.74, 6) is -0.0892. The van der Waals surface area contributed by atoms with E-state index in [4.69, 9.17) is 10.5 Å². The number of nitrogens with zero attached hydrogens (tertiary/aromatic N) is 2. The average Bonchev–Trinajstić information content (AvgIpc) is 2.50. The van der Waals surface area contributed by atoms with Gasteiger partial charge in [0.25, 0.3) is 10.0 Å². The summed E-state index contributed by atoms with van der Waals surface area (Å²) < 4.78 is 30.9. The minimum atomic E-state index is -3.69. The Balaban J connectivity index is 2.90. The van der Waals surface area contributed by atoms with E-state index in [1.165, 1.54) is 24.5 Å². The van der Waals surface area contributed by atoms with E-state index in [1.54, 1.807) is 26.0 Å². The molecule has 0 spiro atoms. The molecule has 0 radical (unpaired) electrons. The third-order valence-corrected chi connectivity index (χ3v) is 5.15. The predicted octanol–water partition coefficient (Wildman–Crippen LogP) is 0.272. The number of sulfonamides is 1. The molecule has 8 nitrogen and oxygen atoms in total. The second-order valence-corrected chi connectivity index (χ2v) is 7.77. The number of nitrogens with two attached hydrogens (primary N) is 1. The van der Waals surface area contributed by atoms with E-state index in [-0.39, 0.29) is 18.1 Å². The number of aromatic nitrogens is 1. The van der Waals surface area contributed by atoms with Crippen molar-refractivity contribution >= 4 is 21.7 Å². The summed E-state index contributed by atoms with van der Waals surface area (Å²) >= 11 is 0. The highest BCUT2D eigenvalue weighted by Crippen LogP contribution is 2.17. The third-order valence-electron chi connectivity index (χ3n) is 3.39. The van der Waals surface area contributed by atoms with Gasteiger partial charge in [0.1, 0.15) is 5.82 Å². The monoisotopic (exact) mass is 344 g/mol. The Labute approximate surface area is 137 Å². The van der Waals surface area contributed by atoms with Crippen LogP contribution in [0.2, 0.25) is 0 Å². The first-order chi connectivity index (χ1) is 10.6. The Hall–Kier alpha value is -1.71. The van der Waals surface area contributed by atoms with Crippen LogP contribution in [0.25, 0.3) is 0 Å². The SMILES string of the molecule is COCCN(C)S(=O)(=O)c1cccc(NCC(C)(C)C(N)=O)n1. The lowest BCUT2D eigenvalue weighted by atomic mass is 9.93. The second kappa shape index (κ2) is 7.71. The standard InChI is InChI=1S/C14H24N4O4S/c1-14(2,13(15)19)10-16-11-6-5-7-12(17-11)23(20,21)18(3)8-9-22-4/h5-7H,8-10H2,1-4H3,(H2,15,19)(H,16,17). The van der Waals surface area contributed by atoms with Crippen molar-refractivity contribution in [1.29, 1.82) is 0 Å². The highest BCUT2D eigenvalue weighted by molar-refractivity contribution is 7.89. The van der Waals surface area contributed by atoms with Crippen molar-refractivity contribution in [3.8, 4) is 0 Å². The number of rotatable bonds is 9. The van der Waals surface area contributed by atoms with Gasteiger partial charge in [-0.05, 0) is 26.0 Å². The molecule has 9 heteroatoms. The van der Waals surface area contributed by atoms with E-state index in [0.717, 1.165) is 0 Å². The van der Waals surface area contributed by atoms with Gasteiger partial charge in [0.05, 0.1) is 12.0 Å². The molecule has 0 saturated carbocycles. The largest absolute Gasteiger partial charge is 0.383 e. The summed E-state index contributed by atoms with van der Waals surface area (Å²) in [6.45, 7) is 4.16. The smallest absolute Gasteiger partial charge is 0.260 e. The van der Waals surface area contributed by atoms with Gasteiger partial charge in [-0.2, -0.15) is 4.31 Å². The van der Waals surface area contributed by atoms with Gasteiger partial charge in [-0.3, -0.25) is 4.79 Å². The van der Waals surface area contributed by atoms with Gasteiger partial charge in [0, 0.05) is 27.2 Å². The van der Waals surface area contributed by atoms with Gasteiger partial charge in [-0.25, -0.2) is 13.4 Å². The van der Waals surface area contributed by atoms with E-state index >= 15 is 0 Å². The van der Waals surface area contributed by atoms with Crippen LogP contribution in [0, 0.1) is 5.41 Å². The number of pyridine rings is 1. The van der Waals surface area contributed by atoms with Crippen LogP contribution in [-0.4, -0.2) is 57.5 Å². The summed E-state index contributed by atoms with van der Waals surface area (Å²) in [7, 11) is -0.725. The van der Waals surface area contributed by atoms with Gasteiger partial charge in [0.2, 0.25) is 5.91 Å². The highest BCUT2D eigenvalue weighted by Gasteiger charge is 2.25. The van der Waals surface area contributed by atoms with Gasteiger partial charge >= 0.3 is 0 Å².